The van der Waals surface area contributed by atoms with Crippen molar-refractivity contribution in [1.82, 2.24) is 0 Å². The summed E-state index contributed by atoms with van der Waals surface area (Å²) in [6.07, 6.45) is 2.59. The van der Waals surface area contributed by atoms with Crippen LogP contribution in [0.15, 0.2) is 59.5 Å². The highest BCUT2D eigenvalue weighted by Gasteiger charge is 2.27. The van der Waals surface area contributed by atoms with E-state index in [1.54, 1.807) is 25.1 Å². The molecule has 0 aliphatic heterocycles. The Bertz CT molecular complexity index is 843. The fourth-order valence-corrected chi connectivity index (χ4v) is 3.65. The van der Waals surface area contributed by atoms with Crippen LogP contribution in [-0.2, 0) is 21.1 Å². The summed E-state index contributed by atoms with van der Waals surface area (Å²) in [5.74, 6) is -0.0633. The van der Waals surface area contributed by atoms with E-state index in [1.165, 1.54) is 11.6 Å². The van der Waals surface area contributed by atoms with E-state index in [9.17, 15) is 13.2 Å². The Morgan fingerprint density at radius 3 is 2.38 bits per heavy atom. The quantitative estimate of drug-likeness (QED) is 0.743. The molecule has 140 valence electrons. The van der Waals surface area contributed by atoms with E-state index in [1.807, 2.05) is 32.0 Å². The summed E-state index contributed by atoms with van der Waals surface area (Å²) in [6, 6.07) is 16.7. The number of rotatable bonds is 8. The summed E-state index contributed by atoms with van der Waals surface area (Å²) < 4.78 is 24.0. The maximum atomic E-state index is 12.6. The van der Waals surface area contributed by atoms with Gasteiger partial charge in [0.15, 0.2) is 9.84 Å². The van der Waals surface area contributed by atoms with Gasteiger partial charge in [0.2, 0.25) is 5.91 Å². The standard InChI is InChI=1S/C21H27NO3S/c1-4-26(24,25)19-14-8-13-18(16-19)22-20(23)21(2,3)15-9-12-17-10-6-5-7-11-17/h5-8,10-11,13-14,16H,4,9,12,15H2,1-3H3,(H,22,23). The number of carbonyl (C=O) groups is 1. The number of nitrogens with one attached hydrogen (secondary N) is 1. The predicted molar refractivity (Wildman–Crippen MR) is 106 cm³/mol. The van der Waals surface area contributed by atoms with E-state index in [4.69, 9.17) is 0 Å². The second kappa shape index (κ2) is 8.49. The monoisotopic (exact) mass is 373 g/mol. The van der Waals surface area contributed by atoms with Crippen molar-refractivity contribution in [3.63, 3.8) is 0 Å². The number of hydrogen-bond donors (Lipinski definition) is 1. The van der Waals surface area contributed by atoms with Gasteiger partial charge in [0.05, 0.1) is 10.6 Å². The molecule has 0 aromatic heterocycles. The van der Waals surface area contributed by atoms with Gasteiger partial charge >= 0.3 is 0 Å². The van der Waals surface area contributed by atoms with Crippen molar-refractivity contribution in [1.29, 1.82) is 0 Å². The molecule has 0 spiro atoms. The summed E-state index contributed by atoms with van der Waals surface area (Å²) in [7, 11) is -3.29. The van der Waals surface area contributed by atoms with Crippen LogP contribution in [0.5, 0.6) is 0 Å². The molecule has 5 heteroatoms. The van der Waals surface area contributed by atoms with Gasteiger partial charge in [-0.15, -0.1) is 0 Å². The number of carbonyl (C=O) groups excluding carboxylic acids is 1. The second-order valence-corrected chi connectivity index (χ2v) is 9.39. The van der Waals surface area contributed by atoms with E-state index in [0.29, 0.717) is 5.69 Å². The SMILES string of the molecule is CCS(=O)(=O)c1cccc(NC(=O)C(C)(C)CCCc2ccccc2)c1. The summed E-state index contributed by atoms with van der Waals surface area (Å²) in [4.78, 5) is 12.9. The average Bonchev–Trinajstić information content (AvgIpc) is 2.62. The molecule has 1 N–H and O–H groups in total. The molecule has 0 radical (unpaired) electrons. The Morgan fingerprint density at radius 2 is 1.73 bits per heavy atom. The molecule has 0 atom stereocenters. The first-order valence-corrected chi connectivity index (χ1v) is 10.6. The van der Waals surface area contributed by atoms with E-state index in [0.717, 1.165) is 19.3 Å². The van der Waals surface area contributed by atoms with Crippen LogP contribution in [0.4, 0.5) is 5.69 Å². The van der Waals surface area contributed by atoms with Crippen molar-refractivity contribution in [3.8, 4) is 0 Å². The molecule has 0 saturated heterocycles. The molecule has 0 bridgehead atoms. The van der Waals surface area contributed by atoms with E-state index in [2.05, 4.69) is 17.4 Å². The first kappa shape index (κ1) is 20.2. The number of benzene rings is 2. The number of anilines is 1. The third-order valence-electron chi connectivity index (χ3n) is 4.56. The highest BCUT2D eigenvalue weighted by atomic mass is 32.2. The van der Waals surface area contributed by atoms with Gasteiger partial charge in [0, 0.05) is 11.1 Å². The van der Waals surface area contributed by atoms with Crippen molar-refractivity contribution in [2.24, 2.45) is 5.41 Å². The Balaban J connectivity index is 1.98. The Labute approximate surface area is 156 Å². The molecule has 0 aliphatic carbocycles. The number of hydrogen-bond acceptors (Lipinski definition) is 3. The lowest BCUT2D eigenvalue weighted by atomic mass is 9.85. The minimum absolute atomic E-state index is 0.0371. The molecule has 2 rings (SSSR count). The average molecular weight is 374 g/mol. The molecule has 0 heterocycles. The minimum atomic E-state index is -3.29. The Morgan fingerprint density at radius 1 is 1.04 bits per heavy atom. The Hall–Kier alpha value is -2.14. The largest absolute Gasteiger partial charge is 0.326 e. The summed E-state index contributed by atoms with van der Waals surface area (Å²) in [6.45, 7) is 5.44. The lowest BCUT2D eigenvalue weighted by Crippen LogP contribution is -2.31. The van der Waals surface area contributed by atoms with Gasteiger partial charge in [-0.05, 0) is 43.0 Å². The molecule has 0 aliphatic rings. The van der Waals surface area contributed by atoms with Crippen molar-refractivity contribution >= 4 is 21.4 Å². The molecule has 0 saturated carbocycles. The van der Waals surface area contributed by atoms with Gasteiger partial charge in [-0.2, -0.15) is 0 Å². The third kappa shape index (κ3) is 5.43. The van der Waals surface area contributed by atoms with Crippen molar-refractivity contribution in [2.75, 3.05) is 11.1 Å². The number of aryl methyl sites for hydroxylation is 1. The van der Waals surface area contributed by atoms with Crippen LogP contribution in [0, 0.1) is 5.41 Å². The van der Waals surface area contributed by atoms with E-state index >= 15 is 0 Å². The normalized spacial score (nSPS) is 12.0. The van der Waals surface area contributed by atoms with Crippen LogP contribution in [0.3, 0.4) is 0 Å². The lowest BCUT2D eigenvalue weighted by Gasteiger charge is -2.23. The number of amides is 1. The third-order valence-corrected chi connectivity index (χ3v) is 6.29. The topological polar surface area (TPSA) is 63.2 Å². The summed E-state index contributed by atoms with van der Waals surface area (Å²) in [5, 5.41) is 2.86. The van der Waals surface area contributed by atoms with Crippen LogP contribution in [0.2, 0.25) is 0 Å². The molecular weight excluding hydrogens is 346 g/mol. The van der Waals surface area contributed by atoms with Gasteiger partial charge in [0.1, 0.15) is 0 Å². The van der Waals surface area contributed by atoms with Crippen molar-refractivity contribution in [2.45, 2.75) is 44.9 Å². The van der Waals surface area contributed by atoms with Crippen LogP contribution in [0.25, 0.3) is 0 Å². The molecule has 2 aromatic carbocycles. The molecule has 1 amide bonds. The van der Waals surface area contributed by atoms with E-state index in [-0.39, 0.29) is 16.6 Å². The molecule has 0 unspecified atom stereocenters. The van der Waals surface area contributed by atoms with Gasteiger partial charge in [0.25, 0.3) is 0 Å². The lowest BCUT2D eigenvalue weighted by molar-refractivity contribution is -0.124. The van der Waals surface area contributed by atoms with Crippen LogP contribution < -0.4 is 5.32 Å². The van der Waals surface area contributed by atoms with Crippen LogP contribution >= 0.6 is 0 Å². The second-order valence-electron chi connectivity index (χ2n) is 7.11. The minimum Gasteiger partial charge on any atom is -0.326 e. The molecule has 0 fully saturated rings. The zero-order valence-corrected chi connectivity index (χ0v) is 16.5. The molecule has 26 heavy (non-hydrogen) atoms. The fraction of sp³-hybridized carbons (Fsp3) is 0.381. The molecule has 4 nitrogen and oxygen atoms in total. The highest BCUT2D eigenvalue weighted by Crippen LogP contribution is 2.26. The predicted octanol–water partition coefficient (Wildman–Crippen LogP) is 4.47. The summed E-state index contributed by atoms with van der Waals surface area (Å²) in [5.41, 5.74) is 1.25. The first-order chi connectivity index (χ1) is 12.2. The van der Waals surface area contributed by atoms with Gasteiger partial charge in [-0.25, -0.2) is 8.42 Å². The van der Waals surface area contributed by atoms with Crippen LogP contribution in [-0.4, -0.2) is 20.1 Å². The van der Waals surface area contributed by atoms with Gasteiger partial charge < -0.3 is 5.32 Å². The zero-order valence-electron chi connectivity index (χ0n) is 15.7. The van der Waals surface area contributed by atoms with Crippen molar-refractivity contribution < 1.29 is 13.2 Å². The Kier molecular flexibility index (Phi) is 6.59. The van der Waals surface area contributed by atoms with Gasteiger partial charge in [-0.1, -0.05) is 57.2 Å². The summed E-state index contributed by atoms with van der Waals surface area (Å²) >= 11 is 0. The van der Waals surface area contributed by atoms with Crippen LogP contribution in [0.1, 0.15) is 39.2 Å². The smallest absolute Gasteiger partial charge is 0.230 e. The maximum Gasteiger partial charge on any atom is 0.230 e. The van der Waals surface area contributed by atoms with E-state index < -0.39 is 15.3 Å². The molecule has 2 aromatic rings. The zero-order chi connectivity index (χ0) is 19.2. The number of sulfone groups is 1. The fourth-order valence-electron chi connectivity index (χ4n) is 2.73. The van der Waals surface area contributed by atoms with Crippen molar-refractivity contribution in [3.05, 3.63) is 60.2 Å². The highest BCUT2D eigenvalue weighted by molar-refractivity contribution is 7.91. The van der Waals surface area contributed by atoms with Gasteiger partial charge in [-0.3, -0.25) is 4.79 Å². The first-order valence-electron chi connectivity index (χ1n) is 8.93. The molecular formula is C21H27NO3S. The maximum absolute atomic E-state index is 12.6.